The molecule has 1 atom stereocenters. The van der Waals surface area contributed by atoms with Crippen molar-refractivity contribution in [3.05, 3.63) is 54.0 Å². The first-order valence-electron chi connectivity index (χ1n) is 9.16. The molecule has 0 saturated heterocycles. The molecule has 8 nitrogen and oxygen atoms in total. The van der Waals surface area contributed by atoms with Crippen molar-refractivity contribution >= 4 is 28.1 Å². The van der Waals surface area contributed by atoms with Crippen LogP contribution in [-0.2, 0) is 0 Å². The summed E-state index contributed by atoms with van der Waals surface area (Å²) >= 11 is 0. The van der Waals surface area contributed by atoms with Gasteiger partial charge in [0.1, 0.15) is 28.7 Å². The number of anilines is 1. The molecule has 8 heteroatoms. The number of imidazole rings is 1. The molecule has 3 aromatic rings. The SMILES string of the molecule is CCC1(O)C(O)=C(c2nc3ccccc3[nH]2)C(=N)N1c1cc(OC)cc(OC)c1. The van der Waals surface area contributed by atoms with Crippen LogP contribution in [-0.4, -0.2) is 46.0 Å². The second kappa shape index (κ2) is 6.82. The van der Waals surface area contributed by atoms with E-state index >= 15 is 0 Å². The minimum atomic E-state index is -1.80. The average Bonchev–Trinajstić information content (AvgIpc) is 3.24. The number of ether oxygens (including phenoxy) is 2. The van der Waals surface area contributed by atoms with Gasteiger partial charge in [-0.1, -0.05) is 19.1 Å². The molecule has 1 aliphatic heterocycles. The summed E-state index contributed by atoms with van der Waals surface area (Å²) in [7, 11) is 3.05. The first kappa shape index (κ1) is 18.8. The lowest BCUT2D eigenvalue weighted by atomic mass is 10.1. The first-order chi connectivity index (χ1) is 13.9. The number of para-hydroxylation sites is 2. The Hall–Kier alpha value is -3.52. The molecule has 0 aliphatic carbocycles. The topological polar surface area (TPSA) is 115 Å². The molecule has 29 heavy (non-hydrogen) atoms. The molecule has 150 valence electrons. The van der Waals surface area contributed by atoms with Crippen LogP contribution >= 0.6 is 0 Å². The molecule has 1 unspecified atom stereocenters. The van der Waals surface area contributed by atoms with Gasteiger partial charge in [0.05, 0.1) is 30.9 Å². The van der Waals surface area contributed by atoms with Crippen molar-refractivity contribution in [3.8, 4) is 11.5 Å². The van der Waals surface area contributed by atoms with Gasteiger partial charge >= 0.3 is 0 Å². The average molecular weight is 394 g/mol. The van der Waals surface area contributed by atoms with Crippen molar-refractivity contribution in [1.82, 2.24) is 9.97 Å². The predicted octanol–water partition coefficient (Wildman–Crippen LogP) is 3.45. The quantitative estimate of drug-likeness (QED) is 0.527. The van der Waals surface area contributed by atoms with E-state index in [2.05, 4.69) is 9.97 Å². The van der Waals surface area contributed by atoms with Crippen LogP contribution in [0.4, 0.5) is 5.69 Å². The van der Waals surface area contributed by atoms with Crippen LogP contribution in [0.1, 0.15) is 19.2 Å². The summed E-state index contributed by atoms with van der Waals surface area (Å²) in [6, 6.07) is 12.5. The lowest BCUT2D eigenvalue weighted by molar-refractivity contribution is 0.0465. The second-order valence-corrected chi connectivity index (χ2v) is 6.75. The number of nitrogens with one attached hydrogen (secondary N) is 2. The molecule has 0 saturated carbocycles. The van der Waals surface area contributed by atoms with E-state index in [0.29, 0.717) is 28.5 Å². The number of amidine groups is 1. The number of nitrogens with zero attached hydrogens (tertiary/aromatic N) is 2. The molecular weight excluding hydrogens is 372 g/mol. The number of aliphatic hydroxyl groups is 2. The number of H-pyrrole nitrogens is 1. The molecule has 0 amide bonds. The predicted molar refractivity (Wildman–Crippen MR) is 111 cm³/mol. The van der Waals surface area contributed by atoms with Gasteiger partial charge in [0.25, 0.3) is 0 Å². The Morgan fingerprint density at radius 3 is 2.38 bits per heavy atom. The van der Waals surface area contributed by atoms with E-state index in [4.69, 9.17) is 14.9 Å². The van der Waals surface area contributed by atoms with E-state index < -0.39 is 5.72 Å². The van der Waals surface area contributed by atoms with Crippen molar-refractivity contribution in [3.63, 3.8) is 0 Å². The zero-order valence-corrected chi connectivity index (χ0v) is 16.4. The molecule has 1 aliphatic rings. The molecule has 1 aromatic heterocycles. The number of hydrogen-bond donors (Lipinski definition) is 4. The normalized spacial score (nSPS) is 19.3. The summed E-state index contributed by atoms with van der Waals surface area (Å²) in [5.74, 6) is 0.912. The van der Waals surface area contributed by atoms with Crippen LogP contribution < -0.4 is 14.4 Å². The van der Waals surface area contributed by atoms with Gasteiger partial charge in [0.15, 0.2) is 5.76 Å². The highest BCUT2D eigenvalue weighted by atomic mass is 16.5. The maximum absolute atomic E-state index is 11.3. The Balaban J connectivity index is 1.87. The summed E-state index contributed by atoms with van der Waals surface area (Å²) in [5.41, 5.74) is 0.276. The van der Waals surface area contributed by atoms with E-state index in [1.54, 1.807) is 25.1 Å². The third kappa shape index (κ3) is 2.80. The second-order valence-electron chi connectivity index (χ2n) is 6.75. The molecule has 2 aromatic carbocycles. The fourth-order valence-corrected chi connectivity index (χ4v) is 3.60. The molecule has 4 N–H and O–H groups in total. The van der Waals surface area contributed by atoms with Gasteiger partial charge in [-0.15, -0.1) is 0 Å². The molecule has 0 spiro atoms. The van der Waals surface area contributed by atoms with Crippen molar-refractivity contribution < 1.29 is 19.7 Å². The van der Waals surface area contributed by atoms with Gasteiger partial charge < -0.3 is 24.7 Å². The highest BCUT2D eigenvalue weighted by Gasteiger charge is 2.50. The Labute approximate surface area is 167 Å². The Morgan fingerprint density at radius 1 is 1.14 bits per heavy atom. The van der Waals surface area contributed by atoms with E-state index in [9.17, 15) is 10.2 Å². The van der Waals surface area contributed by atoms with E-state index in [-0.39, 0.29) is 23.6 Å². The highest BCUT2D eigenvalue weighted by Crippen LogP contribution is 2.43. The summed E-state index contributed by atoms with van der Waals surface area (Å²) in [6.45, 7) is 1.73. The third-order valence-electron chi connectivity index (χ3n) is 5.16. The summed E-state index contributed by atoms with van der Waals surface area (Å²) in [6.07, 6.45) is 0.143. The fraction of sp³-hybridized carbons (Fsp3) is 0.238. The van der Waals surface area contributed by atoms with Crippen LogP contribution in [0.15, 0.2) is 48.2 Å². The van der Waals surface area contributed by atoms with Crippen molar-refractivity contribution in [2.75, 3.05) is 19.1 Å². The number of hydrogen-bond acceptors (Lipinski definition) is 6. The molecule has 0 radical (unpaired) electrons. The number of rotatable bonds is 5. The smallest absolute Gasteiger partial charge is 0.202 e. The molecule has 0 fully saturated rings. The number of aliphatic hydroxyl groups excluding tert-OH is 1. The van der Waals surface area contributed by atoms with Gasteiger partial charge in [-0.05, 0) is 12.1 Å². The molecule has 4 rings (SSSR count). The van der Waals surface area contributed by atoms with Crippen molar-refractivity contribution in [2.24, 2.45) is 0 Å². The first-order valence-corrected chi connectivity index (χ1v) is 9.16. The largest absolute Gasteiger partial charge is 0.506 e. The van der Waals surface area contributed by atoms with Crippen LogP contribution in [0, 0.1) is 5.41 Å². The van der Waals surface area contributed by atoms with Gasteiger partial charge in [-0.2, -0.15) is 0 Å². The Kier molecular flexibility index (Phi) is 4.43. The fourth-order valence-electron chi connectivity index (χ4n) is 3.60. The summed E-state index contributed by atoms with van der Waals surface area (Å²) < 4.78 is 10.6. The molecule has 0 bridgehead atoms. The van der Waals surface area contributed by atoms with Crippen molar-refractivity contribution in [1.29, 1.82) is 5.41 Å². The zero-order chi connectivity index (χ0) is 20.8. The van der Waals surface area contributed by atoms with Gasteiger partial charge in [0.2, 0.25) is 5.72 Å². The number of aromatic amines is 1. The number of aromatic nitrogens is 2. The third-order valence-corrected chi connectivity index (χ3v) is 5.16. The van der Waals surface area contributed by atoms with E-state index in [0.717, 1.165) is 5.52 Å². The minimum Gasteiger partial charge on any atom is -0.506 e. The lowest BCUT2D eigenvalue weighted by Gasteiger charge is -2.34. The number of benzene rings is 2. The standard InChI is InChI=1S/C21H22N4O4/c1-4-21(27)18(26)17(20-23-15-7-5-6-8-16(15)24-20)19(22)25(21)12-9-13(28-2)11-14(10-12)29-3/h5-11,22,26-27H,4H2,1-3H3,(H,23,24). The minimum absolute atomic E-state index is 0.0822. The zero-order valence-electron chi connectivity index (χ0n) is 16.4. The van der Waals surface area contributed by atoms with Gasteiger partial charge in [-0.3, -0.25) is 10.3 Å². The number of fused-ring (bicyclic) bond motifs is 1. The Morgan fingerprint density at radius 2 is 1.79 bits per heavy atom. The summed E-state index contributed by atoms with van der Waals surface area (Å²) in [5, 5.41) is 31.1. The maximum atomic E-state index is 11.3. The molecular formula is C21H22N4O4. The van der Waals surface area contributed by atoms with Crippen LogP contribution in [0.2, 0.25) is 0 Å². The van der Waals surface area contributed by atoms with Crippen molar-refractivity contribution in [2.45, 2.75) is 19.1 Å². The highest BCUT2D eigenvalue weighted by molar-refractivity contribution is 6.31. The van der Waals surface area contributed by atoms with Gasteiger partial charge in [-0.25, -0.2) is 4.98 Å². The van der Waals surface area contributed by atoms with Crippen LogP contribution in [0.5, 0.6) is 11.5 Å². The monoisotopic (exact) mass is 394 g/mol. The van der Waals surface area contributed by atoms with Gasteiger partial charge in [0, 0.05) is 24.6 Å². The molecule has 2 heterocycles. The van der Waals surface area contributed by atoms with E-state index in [1.807, 2.05) is 24.3 Å². The number of methoxy groups -OCH3 is 2. The maximum Gasteiger partial charge on any atom is 0.202 e. The van der Waals surface area contributed by atoms with Crippen LogP contribution in [0.25, 0.3) is 16.6 Å². The Bertz CT molecular complexity index is 1080. The lowest BCUT2D eigenvalue weighted by Crippen LogP contribution is -2.48. The van der Waals surface area contributed by atoms with E-state index in [1.165, 1.54) is 19.1 Å². The summed E-state index contributed by atoms with van der Waals surface area (Å²) in [4.78, 5) is 8.97. The van der Waals surface area contributed by atoms with Crippen LogP contribution in [0.3, 0.4) is 0 Å².